The summed E-state index contributed by atoms with van der Waals surface area (Å²) in [7, 11) is 0. The maximum absolute atomic E-state index is 4.98. The van der Waals surface area contributed by atoms with Gasteiger partial charge in [-0.1, -0.05) is 80.3 Å². The summed E-state index contributed by atoms with van der Waals surface area (Å²) in [4.78, 5) is 9.94. The lowest BCUT2D eigenvalue weighted by atomic mass is 9.75. The van der Waals surface area contributed by atoms with Gasteiger partial charge in [-0.25, -0.2) is 0 Å². The molecule has 2 aromatic carbocycles. The van der Waals surface area contributed by atoms with Crippen LogP contribution in [0.15, 0.2) is 79.4 Å². The monoisotopic (exact) mass is 402 g/mol. The second kappa shape index (κ2) is 7.31. The Hall–Kier alpha value is -3.52. The SMILES string of the molecule is C=Cc1ccc(-c2cc(C)nc3c2ccc2c(C4(C)C=CC=CC4)cc(C)nc23)cc1. The Morgan fingerprint density at radius 1 is 0.871 bits per heavy atom. The standard InChI is InChI=1S/C29H26N2/c1-5-21-9-11-22(12-10-21)25-17-19(2)30-27-23(25)13-14-24-26(18-20(3)31-28(24)27)29(4)15-7-6-8-16-29/h5-15,17-18H,1,16H2,2-4H3. The van der Waals surface area contributed by atoms with E-state index in [1.54, 1.807) is 0 Å². The van der Waals surface area contributed by atoms with Crippen LogP contribution in [0.2, 0.25) is 0 Å². The van der Waals surface area contributed by atoms with E-state index < -0.39 is 0 Å². The summed E-state index contributed by atoms with van der Waals surface area (Å²) in [6.07, 6.45) is 11.7. The summed E-state index contributed by atoms with van der Waals surface area (Å²) in [6, 6.07) is 17.4. The summed E-state index contributed by atoms with van der Waals surface area (Å²) < 4.78 is 0. The molecule has 2 nitrogen and oxygen atoms in total. The van der Waals surface area contributed by atoms with Gasteiger partial charge in [0, 0.05) is 27.6 Å². The summed E-state index contributed by atoms with van der Waals surface area (Å²) in [5.74, 6) is 0. The molecule has 1 unspecified atom stereocenters. The lowest BCUT2D eigenvalue weighted by molar-refractivity contribution is 0.604. The van der Waals surface area contributed by atoms with Gasteiger partial charge in [-0.3, -0.25) is 9.97 Å². The molecule has 1 atom stereocenters. The Morgan fingerprint density at radius 2 is 1.55 bits per heavy atom. The smallest absolute Gasteiger partial charge is 0.0974 e. The van der Waals surface area contributed by atoms with Gasteiger partial charge in [-0.05, 0) is 54.7 Å². The first kappa shape index (κ1) is 19.4. The average Bonchev–Trinajstić information content (AvgIpc) is 2.78. The van der Waals surface area contributed by atoms with Crippen LogP contribution in [0, 0.1) is 13.8 Å². The first-order valence-corrected chi connectivity index (χ1v) is 10.8. The Kier molecular flexibility index (Phi) is 4.59. The van der Waals surface area contributed by atoms with Crippen molar-refractivity contribution in [3.05, 3.63) is 102 Å². The van der Waals surface area contributed by atoms with Crippen LogP contribution in [0.5, 0.6) is 0 Å². The Balaban J connectivity index is 1.81. The van der Waals surface area contributed by atoms with E-state index >= 15 is 0 Å². The molecule has 0 bridgehead atoms. The van der Waals surface area contributed by atoms with Crippen molar-refractivity contribution in [3.8, 4) is 11.1 Å². The molecule has 1 aliphatic rings. The van der Waals surface area contributed by atoms with Crippen molar-refractivity contribution in [2.45, 2.75) is 32.6 Å². The molecule has 0 radical (unpaired) electrons. The molecular weight excluding hydrogens is 376 g/mol. The normalized spacial score (nSPS) is 18.0. The van der Waals surface area contributed by atoms with Crippen molar-refractivity contribution in [1.82, 2.24) is 9.97 Å². The van der Waals surface area contributed by atoms with E-state index in [0.29, 0.717) is 0 Å². The van der Waals surface area contributed by atoms with Gasteiger partial charge in [0.25, 0.3) is 0 Å². The summed E-state index contributed by atoms with van der Waals surface area (Å²) in [5.41, 5.74) is 8.76. The number of benzene rings is 2. The molecule has 0 N–H and O–H groups in total. The number of aromatic nitrogens is 2. The zero-order valence-corrected chi connectivity index (χ0v) is 18.3. The number of hydrogen-bond acceptors (Lipinski definition) is 2. The molecule has 0 spiro atoms. The molecule has 0 fully saturated rings. The highest BCUT2D eigenvalue weighted by Gasteiger charge is 2.27. The predicted octanol–water partition coefficient (Wildman–Crippen LogP) is 7.48. The van der Waals surface area contributed by atoms with Crippen LogP contribution in [0.4, 0.5) is 0 Å². The molecule has 0 amide bonds. The van der Waals surface area contributed by atoms with Crippen LogP contribution in [-0.2, 0) is 5.41 Å². The fourth-order valence-corrected chi connectivity index (χ4v) is 4.67. The third-order valence-electron chi connectivity index (χ3n) is 6.34. The van der Waals surface area contributed by atoms with E-state index in [1.807, 2.05) is 6.08 Å². The van der Waals surface area contributed by atoms with Gasteiger partial charge in [0.05, 0.1) is 11.0 Å². The Labute approximate surface area is 183 Å². The first-order valence-electron chi connectivity index (χ1n) is 10.8. The zero-order valence-electron chi connectivity index (χ0n) is 18.3. The highest BCUT2D eigenvalue weighted by atomic mass is 14.8. The van der Waals surface area contributed by atoms with E-state index in [2.05, 4.69) is 100 Å². The minimum absolute atomic E-state index is 0.0401. The Bertz CT molecular complexity index is 1390. The number of allylic oxidation sites excluding steroid dienone is 4. The van der Waals surface area contributed by atoms with Crippen LogP contribution in [-0.4, -0.2) is 9.97 Å². The fraction of sp³-hybridized carbons (Fsp3) is 0.172. The van der Waals surface area contributed by atoms with E-state index in [9.17, 15) is 0 Å². The van der Waals surface area contributed by atoms with Crippen molar-refractivity contribution < 1.29 is 0 Å². The number of fused-ring (bicyclic) bond motifs is 3. The number of hydrogen-bond donors (Lipinski definition) is 0. The molecule has 2 aromatic heterocycles. The molecular formula is C29H26N2. The largest absolute Gasteiger partial charge is 0.251 e. The van der Waals surface area contributed by atoms with Crippen LogP contribution < -0.4 is 0 Å². The van der Waals surface area contributed by atoms with Gasteiger partial charge in [0.1, 0.15) is 0 Å². The first-order chi connectivity index (χ1) is 15.0. The van der Waals surface area contributed by atoms with Gasteiger partial charge < -0.3 is 0 Å². The predicted molar refractivity (Wildman–Crippen MR) is 132 cm³/mol. The third kappa shape index (κ3) is 3.29. The zero-order chi connectivity index (χ0) is 21.6. The van der Waals surface area contributed by atoms with E-state index in [4.69, 9.17) is 9.97 Å². The molecule has 152 valence electrons. The maximum atomic E-state index is 4.98. The van der Waals surface area contributed by atoms with Crippen LogP contribution in [0.1, 0.15) is 35.9 Å². The quantitative estimate of drug-likeness (QED) is 0.332. The second-order valence-corrected chi connectivity index (χ2v) is 8.72. The number of aryl methyl sites for hydroxylation is 2. The molecule has 1 aliphatic carbocycles. The van der Waals surface area contributed by atoms with Gasteiger partial charge in [0.15, 0.2) is 0 Å². The van der Waals surface area contributed by atoms with Gasteiger partial charge >= 0.3 is 0 Å². The third-order valence-corrected chi connectivity index (χ3v) is 6.34. The van der Waals surface area contributed by atoms with E-state index in [0.717, 1.165) is 39.8 Å². The molecule has 0 saturated carbocycles. The van der Waals surface area contributed by atoms with E-state index in [-0.39, 0.29) is 5.41 Å². The molecule has 5 rings (SSSR count). The van der Waals surface area contributed by atoms with E-state index in [1.165, 1.54) is 22.1 Å². The second-order valence-electron chi connectivity index (χ2n) is 8.72. The molecule has 0 aliphatic heterocycles. The summed E-state index contributed by atoms with van der Waals surface area (Å²) >= 11 is 0. The molecule has 31 heavy (non-hydrogen) atoms. The van der Waals surface area contributed by atoms with Crippen LogP contribution in [0.3, 0.4) is 0 Å². The Morgan fingerprint density at radius 3 is 2.23 bits per heavy atom. The van der Waals surface area contributed by atoms with Crippen LogP contribution in [0.25, 0.3) is 39.0 Å². The van der Waals surface area contributed by atoms with Crippen molar-refractivity contribution in [1.29, 1.82) is 0 Å². The van der Waals surface area contributed by atoms with Crippen LogP contribution >= 0.6 is 0 Å². The molecule has 4 aromatic rings. The fourth-order valence-electron chi connectivity index (χ4n) is 4.67. The summed E-state index contributed by atoms with van der Waals surface area (Å²) in [5, 5.41) is 2.32. The lowest BCUT2D eigenvalue weighted by Gasteiger charge is -2.29. The number of rotatable bonds is 3. The number of pyridine rings is 2. The van der Waals surface area contributed by atoms with Crippen molar-refractivity contribution in [2.24, 2.45) is 0 Å². The average molecular weight is 403 g/mol. The topological polar surface area (TPSA) is 25.8 Å². The lowest BCUT2D eigenvalue weighted by Crippen LogP contribution is -2.20. The highest BCUT2D eigenvalue weighted by Crippen LogP contribution is 2.39. The van der Waals surface area contributed by atoms with Gasteiger partial charge in [0.2, 0.25) is 0 Å². The maximum Gasteiger partial charge on any atom is 0.0974 e. The molecule has 2 heteroatoms. The highest BCUT2D eigenvalue weighted by molar-refractivity contribution is 6.09. The van der Waals surface area contributed by atoms with Crippen molar-refractivity contribution in [2.75, 3.05) is 0 Å². The minimum Gasteiger partial charge on any atom is -0.251 e. The molecule has 2 heterocycles. The number of nitrogens with zero attached hydrogens (tertiary/aromatic N) is 2. The minimum atomic E-state index is -0.0401. The van der Waals surface area contributed by atoms with Gasteiger partial charge in [-0.15, -0.1) is 0 Å². The van der Waals surface area contributed by atoms with Crippen molar-refractivity contribution in [3.63, 3.8) is 0 Å². The molecule has 0 saturated heterocycles. The van der Waals surface area contributed by atoms with Crippen molar-refractivity contribution >= 4 is 27.9 Å². The summed E-state index contributed by atoms with van der Waals surface area (Å²) in [6.45, 7) is 10.3. The van der Waals surface area contributed by atoms with Gasteiger partial charge in [-0.2, -0.15) is 0 Å².